The van der Waals surface area contributed by atoms with E-state index in [1.807, 2.05) is 13.8 Å². The van der Waals surface area contributed by atoms with E-state index in [4.69, 9.17) is 16.7 Å². The Morgan fingerprint density at radius 2 is 2.18 bits per heavy atom. The van der Waals surface area contributed by atoms with Gasteiger partial charge in [0.1, 0.15) is 5.82 Å². The smallest absolute Gasteiger partial charge is 0.256 e. The fraction of sp³-hybridized carbons (Fsp3) is 0.417. The van der Waals surface area contributed by atoms with Crippen LogP contribution in [0.5, 0.6) is 0 Å². The summed E-state index contributed by atoms with van der Waals surface area (Å²) < 4.78 is 13.4. The zero-order valence-electron chi connectivity index (χ0n) is 9.71. The average molecular weight is 260 g/mol. The Balaban J connectivity index is 2.90. The molecule has 1 aromatic rings. The number of rotatable bonds is 4. The van der Waals surface area contributed by atoms with E-state index in [1.165, 1.54) is 18.2 Å². The van der Waals surface area contributed by atoms with E-state index in [0.717, 1.165) is 0 Å². The number of aliphatic hydroxyl groups excluding tert-OH is 1. The molecule has 0 spiro atoms. The van der Waals surface area contributed by atoms with Crippen LogP contribution in [-0.2, 0) is 0 Å². The molecule has 17 heavy (non-hydrogen) atoms. The predicted molar refractivity (Wildman–Crippen MR) is 64.6 cm³/mol. The van der Waals surface area contributed by atoms with Crippen LogP contribution >= 0.6 is 11.6 Å². The zero-order valence-corrected chi connectivity index (χ0v) is 10.5. The Kier molecular flexibility index (Phi) is 4.90. The third kappa shape index (κ3) is 3.41. The van der Waals surface area contributed by atoms with Crippen LogP contribution in [0.25, 0.3) is 0 Å². The van der Waals surface area contributed by atoms with Gasteiger partial charge >= 0.3 is 0 Å². The van der Waals surface area contributed by atoms with Gasteiger partial charge in [-0.3, -0.25) is 4.79 Å². The van der Waals surface area contributed by atoms with Crippen LogP contribution < -0.4 is 5.32 Å². The van der Waals surface area contributed by atoms with Gasteiger partial charge in [0.25, 0.3) is 5.91 Å². The van der Waals surface area contributed by atoms with Gasteiger partial charge in [-0.25, -0.2) is 4.39 Å². The molecule has 0 heterocycles. The highest BCUT2D eigenvalue weighted by Gasteiger charge is 2.20. The molecule has 0 aliphatic rings. The van der Waals surface area contributed by atoms with E-state index in [9.17, 15) is 9.18 Å². The Bertz CT molecular complexity index is 389. The van der Waals surface area contributed by atoms with Crippen molar-refractivity contribution in [3.63, 3.8) is 0 Å². The lowest BCUT2D eigenvalue weighted by Gasteiger charge is -2.20. The van der Waals surface area contributed by atoms with E-state index < -0.39 is 17.8 Å². The molecule has 0 aromatic heterocycles. The van der Waals surface area contributed by atoms with Crippen molar-refractivity contribution in [2.75, 3.05) is 6.61 Å². The quantitative estimate of drug-likeness (QED) is 0.871. The molecule has 3 nitrogen and oxygen atoms in total. The van der Waals surface area contributed by atoms with E-state index in [2.05, 4.69) is 5.32 Å². The van der Waals surface area contributed by atoms with Crippen LogP contribution in [0, 0.1) is 11.7 Å². The molecule has 0 radical (unpaired) electrons. The van der Waals surface area contributed by atoms with Gasteiger partial charge in [0.2, 0.25) is 0 Å². The van der Waals surface area contributed by atoms with E-state index >= 15 is 0 Å². The van der Waals surface area contributed by atoms with Crippen LogP contribution in [0.2, 0.25) is 5.02 Å². The second-order valence-electron chi connectivity index (χ2n) is 4.10. The standard InChI is InChI=1S/C12H15ClFNO2/c1-7(2)10(6-16)15-12(17)11-8(13)4-3-5-9(11)14/h3-5,7,10,16H,6H2,1-2H3,(H,15,17). The first kappa shape index (κ1) is 13.9. The van der Waals surface area contributed by atoms with Gasteiger partial charge < -0.3 is 10.4 Å². The number of hydrogen-bond acceptors (Lipinski definition) is 2. The molecule has 5 heteroatoms. The Hall–Kier alpha value is -1.13. The number of hydrogen-bond donors (Lipinski definition) is 2. The number of nitrogens with one attached hydrogen (secondary N) is 1. The summed E-state index contributed by atoms with van der Waals surface area (Å²) in [6.45, 7) is 3.50. The lowest BCUT2D eigenvalue weighted by Crippen LogP contribution is -2.41. The molecule has 0 saturated heterocycles. The summed E-state index contributed by atoms with van der Waals surface area (Å²) in [7, 11) is 0. The van der Waals surface area contributed by atoms with Crippen LogP contribution in [0.4, 0.5) is 4.39 Å². The molecule has 1 unspecified atom stereocenters. The predicted octanol–water partition coefficient (Wildman–Crippen LogP) is 2.23. The lowest BCUT2D eigenvalue weighted by atomic mass is 10.0. The summed E-state index contributed by atoms with van der Waals surface area (Å²) >= 11 is 5.77. The molecule has 1 amide bonds. The molecule has 0 fully saturated rings. The molecule has 1 aromatic carbocycles. The van der Waals surface area contributed by atoms with Crippen molar-refractivity contribution in [2.45, 2.75) is 19.9 Å². The Morgan fingerprint density at radius 1 is 1.53 bits per heavy atom. The monoisotopic (exact) mass is 259 g/mol. The highest BCUT2D eigenvalue weighted by Crippen LogP contribution is 2.19. The molecular weight excluding hydrogens is 245 g/mol. The third-order valence-electron chi connectivity index (χ3n) is 2.51. The summed E-state index contributed by atoms with van der Waals surface area (Å²) in [4.78, 5) is 11.8. The highest BCUT2D eigenvalue weighted by molar-refractivity contribution is 6.33. The van der Waals surface area contributed by atoms with Gasteiger partial charge in [-0.2, -0.15) is 0 Å². The summed E-state index contributed by atoms with van der Waals surface area (Å²) in [5.74, 6) is -1.23. The highest BCUT2D eigenvalue weighted by atomic mass is 35.5. The molecular formula is C12H15ClFNO2. The van der Waals surface area contributed by atoms with Crippen molar-refractivity contribution in [1.82, 2.24) is 5.32 Å². The maximum atomic E-state index is 13.4. The first-order valence-electron chi connectivity index (χ1n) is 5.33. The van der Waals surface area contributed by atoms with Crippen molar-refractivity contribution in [1.29, 1.82) is 0 Å². The molecule has 0 aliphatic heterocycles. The van der Waals surface area contributed by atoms with Crippen molar-refractivity contribution in [3.8, 4) is 0 Å². The summed E-state index contributed by atoms with van der Waals surface area (Å²) in [5, 5.41) is 11.7. The van der Waals surface area contributed by atoms with E-state index in [-0.39, 0.29) is 23.1 Å². The Morgan fingerprint density at radius 3 is 2.65 bits per heavy atom. The van der Waals surface area contributed by atoms with Crippen molar-refractivity contribution in [2.24, 2.45) is 5.92 Å². The second kappa shape index (κ2) is 5.98. The van der Waals surface area contributed by atoms with Crippen LogP contribution in [0.15, 0.2) is 18.2 Å². The maximum Gasteiger partial charge on any atom is 0.256 e. The number of benzene rings is 1. The van der Waals surface area contributed by atoms with Crippen molar-refractivity contribution < 1.29 is 14.3 Å². The number of halogens is 2. The van der Waals surface area contributed by atoms with E-state index in [1.54, 1.807) is 0 Å². The van der Waals surface area contributed by atoms with Crippen LogP contribution in [-0.4, -0.2) is 23.7 Å². The van der Waals surface area contributed by atoms with E-state index in [0.29, 0.717) is 0 Å². The van der Waals surface area contributed by atoms with Gasteiger partial charge in [0.05, 0.1) is 23.2 Å². The minimum atomic E-state index is -0.671. The summed E-state index contributed by atoms with van der Waals surface area (Å²) in [6.07, 6.45) is 0. The molecule has 94 valence electrons. The topological polar surface area (TPSA) is 49.3 Å². The first-order chi connectivity index (χ1) is 7.97. The second-order valence-corrected chi connectivity index (χ2v) is 4.51. The number of carbonyl (C=O) groups excluding carboxylic acids is 1. The minimum absolute atomic E-state index is 0.0505. The summed E-state index contributed by atoms with van der Waals surface area (Å²) in [6, 6.07) is 3.63. The average Bonchev–Trinajstić information content (AvgIpc) is 2.25. The molecule has 1 rings (SSSR count). The summed E-state index contributed by atoms with van der Waals surface area (Å²) in [5.41, 5.74) is -0.187. The zero-order chi connectivity index (χ0) is 13.0. The minimum Gasteiger partial charge on any atom is -0.394 e. The Labute approximate surface area is 105 Å². The van der Waals surface area contributed by atoms with Gasteiger partial charge in [-0.1, -0.05) is 31.5 Å². The molecule has 0 bridgehead atoms. The largest absolute Gasteiger partial charge is 0.394 e. The van der Waals surface area contributed by atoms with Gasteiger partial charge in [0.15, 0.2) is 0 Å². The number of amides is 1. The van der Waals surface area contributed by atoms with Gasteiger partial charge in [-0.05, 0) is 18.1 Å². The fourth-order valence-electron chi connectivity index (χ4n) is 1.38. The molecule has 1 atom stereocenters. The maximum absolute atomic E-state index is 13.4. The SMILES string of the molecule is CC(C)C(CO)NC(=O)c1c(F)cccc1Cl. The number of carbonyl (C=O) groups is 1. The van der Waals surface area contributed by atoms with Crippen LogP contribution in [0.3, 0.4) is 0 Å². The fourth-order valence-corrected chi connectivity index (χ4v) is 1.63. The number of aliphatic hydroxyl groups is 1. The first-order valence-corrected chi connectivity index (χ1v) is 5.71. The molecule has 0 aliphatic carbocycles. The van der Waals surface area contributed by atoms with Crippen molar-refractivity contribution >= 4 is 17.5 Å². The molecule has 2 N–H and O–H groups in total. The molecule has 0 saturated carbocycles. The van der Waals surface area contributed by atoms with Crippen LogP contribution in [0.1, 0.15) is 24.2 Å². The normalized spacial score (nSPS) is 12.6. The lowest BCUT2D eigenvalue weighted by molar-refractivity contribution is 0.0893. The van der Waals surface area contributed by atoms with Gasteiger partial charge in [-0.15, -0.1) is 0 Å². The van der Waals surface area contributed by atoms with Crippen molar-refractivity contribution in [3.05, 3.63) is 34.6 Å². The third-order valence-corrected chi connectivity index (χ3v) is 2.82. The van der Waals surface area contributed by atoms with Gasteiger partial charge in [0, 0.05) is 0 Å².